The highest BCUT2D eigenvalue weighted by Gasteiger charge is 2.20. The van der Waals surface area contributed by atoms with Crippen molar-refractivity contribution in [2.24, 2.45) is 0 Å². The number of halogens is 2. The topological polar surface area (TPSA) is 41.1 Å². The standard InChI is InChI=1S/C16H19F2N3O/c17-15-2-1-12(7-16(15)18)9-21-5-3-14(4-6-21)22-10-13-8-19-11-20-13/h1-2,7-8,11,14H,3-6,9-10H2,(H,19,20). The van der Waals surface area contributed by atoms with Crippen LogP contribution in [0.1, 0.15) is 24.1 Å². The van der Waals surface area contributed by atoms with Crippen LogP contribution in [0.15, 0.2) is 30.7 Å². The number of H-pyrrole nitrogens is 1. The molecule has 0 saturated carbocycles. The normalized spacial score (nSPS) is 17.0. The molecule has 118 valence electrons. The van der Waals surface area contributed by atoms with Crippen molar-refractivity contribution in [3.63, 3.8) is 0 Å². The Morgan fingerprint density at radius 1 is 1.23 bits per heavy atom. The van der Waals surface area contributed by atoms with Gasteiger partial charge in [-0.15, -0.1) is 0 Å². The van der Waals surface area contributed by atoms with E-state index in [4.69, 9.17) is 4.74 Å². The SMILES string of the molecule is Fc1ccc(CN2CCC(OCc3c[nH]cn3)CC2)cc1F. The molecule has 3 rings (SSSR count). The van der Waals surface area contributed by atoms with E-state index in [1.165, 1.54) is 12.1 Å². The molecule has 1 aliphatic heterocycles. The summed E-state index contributed by atoms with van der Waals surface area (Å²) in [4.78, 5) is 9.27. The summed E-state index contributed by atoms with van der Waals surface area (Å²) in [6, 6.07) is 4.10. The number of imidazole rings is 1. The van der Waals surface area contributed by atoms with E-state index in [9.17, 15) is 8.78 Å². The van der Waals surface area contributed by atoms with Crippen LogP contribution in [0.5, 0.6) is 0 Å². The molecule has 1 N–H and O–H groups in total. The van der Waals surface area contributed by atoms with Gasteiger partial charge in [0.2, 0.25) is 0 Å². The summed E-state index contributed by atoms with van der Waals surface area (Å²) in [6.45, 7) is 2.95. The Labute approximate surface area is 128 Å². The van der Waals surface area contributed by atoms with Crippen LogP contribution in [-0.2, 0) is 17.9 Å². The molecule has 1 aliphatic rings. The summed E-state index contributed by atoms with van der Waals surface area (Å²) in [6.07, 6.45) is 5.58. The summed E-state index contributed by atoms with van der Waals surface area (Å²) >= 11 is 0. The number of hydrogen-bond donors (Lipinski definition) is 1. The predicted octanol–water partition coefficient (Wildman–Crippen LogP) is 2.87. The zero-order valence-corrected chi connectivity index (χ0v) is 12.3. The van der Waals surface area contributed by atoms with Gasteiger partial charge in [-0.25, -0.2) is 13.8 Å². The molecule has 0 spiro atoms. The number of likely N-dealkylation sites (tertiary alicyclic amines) is 1. The van der Waals surface area contributed by atoms with Gasteiger partial charge in [-0.2, -0.15) is 0 Å². The first-order valence-corrected chi connectivity index (χ1v) is 7.46. The monoisotopic (exact) mass is 307 g/mol. The maximum Gasteiger partial charge on any atom is 0.159 e. The molecular formula is C16H19F2N3O. The molecule has 0 aliphatic carbocycles. The smallest absolute Gasteiger partial charge is 0.159 e. The fraction of sp³-hybridized carbons (Fsp3) is 0.438. The average Bonchev–Trinajstić information content (AvgIpc) is 3.04. The third-order valence-electron chi connectivity index (χ3n) is 3.95. The molecule has 1 saturated heterocycles. The van der Waals surface area contributed by atoms with Crippen molar-refractivity contribution < 1.29 is 13.5 Å². The number of piperidine rings is 1. The molecule has 0 amide bonds. The Morgan fingerprint density at radius 3 is 2.73 bits per heavy atom. The minimum absolute atomic E-state index is 0.234. The molecule has 1 aromatic heterocycles. The van der Waals surface area contributed by atoms with Gasteiger partial charge in [0.25, 0.3) is 0 Å². The molecule has 0 atom stereocenters. The molecule has 2 heterocycles. The van der Waals surface area contributed by atoms with Crippen LogP contribution in [0.3, 0.4) is 0 Å². The number of ether oxygens (including phenoxy) is 1. The van der Waals surface area contributed by atoms with Crippen LogP contribution in [0.25, 0.3) is 0 Å². The van der Waals surface area contributed by atoms with E-state index in [-0.39, 0.29) is 6.10 Å². The number of aromatic nitrogens is 2. The van der Waals surface area contributed by atoms with E-state index < -0.39 is 11.6 Å². The second-order valence-electron chi connectivity index (χ2n) is 5.60. The van der Waals surface area contributed by atoms with Crippen molar-refractivity contribution in [3.8, 4) is 0 Å². The van der Waals surface area contributed by atoms with Crippen LogP contribution in [-0.4, -0.2) is 34.1 Å². The van der Waals surface area contributed by atoms with Gasteiger partial charge in [0.05, 0.1) is 24.7 Å². The van der Waals surface area contributed by atoms with Crippen LogP contribution in [0.4, 0.5) is 8.78 Å². The fourth-order valence-electron chi connectivity index (χ4n) is 2.70. The average molecular weight is 307 g/mol. The van der Waals surface area contributed by atoms with Gasteiger partial charge in [0.15, 0.2) is 11.6 Å². The summed E-state index contributed by atoms with van der Waals surface area (Å²) < 4.78 is 32.0. The number of hydrogen-bond acceptors (Lipinski definition) is 3. The lowest BCUT2D eigenvalue weighted by molar-refractivity contribution is -0.00512. The van der Waals surface area contributed by atoms with Crippen LogP contribution in [0, 0.1) is 11.6 Å². The molecule has 6 heteroatoms. The second kappa shape index (κ2) is 6.98. The predicted molar refractivity (Wildman–Crippen MR) is 78.0 cm³/mol. The molecule has 0 radical (unpaired) electrons. The quantitative estimate of drug-likeness (QED) is 0.923. The molecule has 1 aromatic carbocycles. The van der Waals surface area contributed by atoms with Gasteiger partial charge in [-0.05, 0) is 30.5 Å². The van der Waals surface area contributed by atoms with Gasteiger partial charge in [0, 0.05) is 25.8 Å². The van der Waals surface area contributed by atoms with Gasteiger partial charge in [0.1, 0.15) is 0 Å². The first-order chi connectivity index (χ1) is 10.7. The van der Waals surface area contributed by atoms with E-state index in [0.29, 0.717) is 13.2 Å². The van der Waals surface area contributed by atoms with Crippen LogP contribution >= 0.6 is 0 Å². The Balaban J connectivity index is 1.44. The van der Waals surface area contributed by atoms with Gasteiger partial charge < -0.3 is 9.72 Å². The van der Waals surface area contributed by atoms with Crippen molar-refractivity contribution in [1.29, 1.82) is 0 Å². The van der Waals surface area contributed by atoms with Gasteiger partial charge in [-0.1, -0.05) is 6.07 Å². The molecule has 22 heavy (non-hydrogen) atoms. The molecular weight excluding hydrogens is 288 g/mol. The van der Waals surface area contributed by atoms with Crippen LogP contribution < -0.4 is 0 Å². The van der Waals surface area contributed by atoms with Crippen molar-refractivity contribution >= 4 is 0 Å². The van der Waals surface area contributed by atoms with Gasteiger partial charge >= 0.3 is 0 Å². The van der Waals surface area contributed by atoms with E-state index in [1.54, 1.807) is 12.4 Å². The van der Waals surface area contributed by atoms with E-state index in [0.717, 1.165) is 37.2 Å². The lowest BCUT2D eigenvalue weighted by Crippen LogP contribution is -2.36. The Bertz CT molecular complexity index is 595. The van der Waals surface area contributed by atoms with Crippen molar-refractivity contribution in [2.45, 2.75) is 32.1 Å². The molecule has 2 aromatic rings. The summed E-state index contributed by atoms with van der Waals surface area (Å²) in [5.41, 5.74) is 1.71. The molecule has 0 unspecified atom stereocenters. The molecule has 1 fully saturated rings. The minimum atomic E-state index is -0.797. The van der Waals surface area contributed by atoms with E-state index in [1.807, 2.05) is 6.20 Å². The fourth-order valence-corrected chi connectivity index (χ4v) is 2.70. The lowest BCUT2D eigenvalue weighted by Gasteiger charge is -2.31. The number of rotatable bonds is 5. The third kappa shape index (κ3) is 3.90. The number of benzene rings is 1. The molecule has 4 nitrogen and oxygen atoms in total. The van der Waals surface area contributed by atoms with Crippen molar-refractivity contribution in [1.82, 2.24) is 14.9 Å². The maximum atomic E-state index is 13.2. The van der Waals surface area contributed by atoms with E-state index >= 15 is 0 Å². The largest absolute Gasteiger partial charge is 0.372 e. The number of nitrogens with one attached hydrogen (secondary N) is 1. The highest BCUT2D eigenvalue weighted by Crippen LogP contribution is 2.18. The highest BCUT2D eigenvalue weighted by molar-refractivity contribution is 5.17. The van der Waals surface area contributed by atoms with E-state index in [2.05, 4.69) is 14.9 Å². The summed E-state index contributed by atoms with van der Waals surface area (Å²) in [5.74, 6) is -1.58. The minimum Gasteiger partial charge on any atom is -0.372 e. The molecule has 0 bridgehead atoms. The maximum absolute atomic E-state index is 13.2. The zero-order chi connectivity index (χ0) is 15.4. The zero-order valence-electron chi connectivity index (χ0n) is 12.3. The Morgan fingerprint density at radius 2 is 2.05 bits per heavy atom. The number of aromatic amines is 1. The highest BCUT2D eigenvalue weighted by atomic mass is 19.2. The van der Waals surface area contributed by atoms with Crippen molar-refractivity contribution in [3.05, 3.63) is 53.6 Å². The summed E-state index contributed by atoms with van der Waals surface area (Å²) in [7, 11) is 0. The Hall–Kier alpha value is -1.79. The first kappa shape index (κ1) is 15.1. The second-order valence-corrected chi connectivity index (χ2v) is 5.60. The summed E-state index contributed by atoms with van der Waals surface area (Å²) in [5, 5.41) is 0. The first-order valence-electron chi connectivity index (χ1n) is 7.46. The lowest BCUT2D eigenvalue weighted by atomic mass is 10.1. The number of nitrogens with zero attached hydrogens (tertiary/aromatic N) is 2. The Kier molecular flexibility index (Phi) is 4.80. The van der Waals surface area contributed by atoms with Gasteiger partial charge in [-0.3, -0.25) is 4.90 Å². The van der Waals surface area contributed by atoms with Crippen molar-refractivity contribution in [2.75, 3.05) is 13.1 Å². The third-order valence-corrected chi connectivity index (χ3v) is 3.95. The van der Waals surface area contributed by atoms with Crippen LogP contribution in [0.2, 0.25) is 0 Å².